The summed E-state index contributed by atoms with van der Waals surface area (Å²) >= 11 is 0. The smallest absolute Gasteiger partial charge is 0.412 e. The molecule has 0 bridgehead atoms. The molecule has 2 aromatic rings. The van der Waals surface area contributed by atoms with Gasteiger partial charge in [-0.2, -0.15) is 0 Å². The summed E-state index contributed by atoms with van der Waals surface area (Å²) in [7, 11) is 0. The van der Waals surface area contributed by atoms with E-state index in [0.29, 0.717) is 17.0 Å². The van der Waals surface area contributed by atoms with Crippen LogP contribution in [0.25, 0.3) is 11.3 Å². The summed E-state index contributed by atoms with van der Waals surface area (Å²) < 4.78 is 23.8. The summed E-state index contributed by atoms with van der Waals surface area (Å²) in [5.74, 6) is 0.0856. The van der Waals surface area contributed by atoms with Crippen molar-refractivity contribution in [3.63, 3.8) is 0 Å². The van der Waals surface area contributed by atoms with Crippen LogP contribution in [0, 0.1) is 5.82 Å². The zero-order valence-electron chi connectivity index (χ0n) is 11.6. The average molecular weight is 277 g/mol. The molecule has 0 saturated heterocycles. The van der Waals surface area contributed by atoms with E-state index < -0.39 is 17.5 Å². The summed E-state index contributed by atoms with van der Waals surface area (Å²) in [6.07, 6.45) is 0.867. The number of amides is 1. The van der Waals surface area contributed by atoms with Gasteiger partial charge in [0.1, 0.15) is 17.2 Å². The molecule has 0 radical (unpaired) electrons. The highest BCUT2D eigenvalue weighted by atomic mass is 19.1. The molecule has 0 spiro atoms. The lowest BCUT2D eigenvalue weighted by Gasteiger charge is -2.20. The molecule has 0 fully saturated rings. The molecule has 5 heteroatoms. The highest BCUT2D eigenvalue weighted by Gasteiger charge is 2.18. The van der Waals surface area contributed by atoms with Crippen molar-refractivity contribution in [1.82, 2.24) is 0 Å². The SMILES string of the molecule is CC(C)(C)OC(=O)Nc1cc(F)ccc1-c1ccco1. The van der Waals surface area contributed by atoms with Gasteiger partial charge in [-0.1, -0.05) is 0 Å². The van der Waals surface area contributed by atoms with Gasteiger partial charge in [-0.15, -0.1) is 0 Å². The van der Waals surface area contributed by atoms with Crippen LogP contribution in [0.3, 0.4) is 0 Å². The van der Waals surface area contributed by atoms with Crippen LogP contribution in [0.2, 0.25) is 0 Å². The molecule has 106 valence electrons. The minimum absolute atomic E-state index is 0.300. The number of hydrogen-bond acceptors (Lipinski definition) is 3. The van der Waals surface area contributed by atoms with Gasteiger partial charge in [0.15, 0.2) is 0 Å². The van der Waals surface area contributed by atoms with E-state index in [-0.39, 0.29) is 0 Å². The number of anilines is 1. The molecule has 1 amide bonds. The molecule has 4 nitrogen and oxygen atoms in total. The third-order valence-electron chi connectivity index (χ3n) is 2.40. The van der Waals surface area contributed by atoms with E-state index in [0.717, 1.165) is 0 Å². The maximum absolute atomic E-state index is 13.4. The average Bonchev–Trinajstić information content (AvgIpc) is 2.79. The standard InChI is InChI=1S/C15H16FNO3/c1-15(2,3)20-14(18)17-12-9-10(16)6-7-11(12)13-5-4-8-19-13/h4-9H,1-3H3,(H,17,18). The molecule has 0 unspecified atom stereocenters. The van der Waals surface area contributed by atoms with Gasteiger partial charge < -0.3 is 9.15 Å². The third kappa shape index (κ3) is 3.60. The minimum atomic E-state index is -0.643. The number of carbonyl (C=O) groups excluding carboxylic acids is 1. The van der Waals surface area contributed by atoms with Crippen LogP contribution in [-0.4, -0.2) is 11.7 Å². The van der Waals surface area contributed by atoms with E-state index >= 15 is 0 Å². The summed E-state index contributed by atoms with van der Waals surface area (Å²) in [5.41, 5.74) is 0.263. The Morgan fingerprint density at radius 3 is 2.65 bits per heavy atom. The Hall–Kier alpha value is -2.30. The van der Waals surface area contributed by atoms with Gasteiger partial charge in [-0.25, -0.2) is 9.18 Å². The first-order valence-electron chi connectivity index (χ1n) is 6.18. The molecule has 0 aliphatic carbocycles. The Morgan fingerprint density at radius 2 is 2.05 bits per heavy atom. The largest absolute Gasteiger partial charge is 0.464 e. The summed E-state index contributed by atoms with van der Waals surface area (Å²) in [4.78, 5) is 11.8. The highest BCUT2D eigenvalue weighted by molar-refractivity contribution is 5.90. The maximum atomic E-state index is 13.4. The van der Waals surface area contributed by atoms with Gasteiger partial charge >= 0.3 is 6.09 Å². The number of hydrogen-bond donors (Lipinski definition) is 1. The normalized spacial score (nSPS) is 11.2. The number of nitrogens with one attached hydrogen (secondary N) is 1. The van der Waals surface area contributed by atoms with Crippen LogP contribution in [-0.2, 0) is 4.74 Å². The van der Waals surface area contributed by atoms with Crippen LogP contribution in [0.1, 0.15) is 20.8 Å². The molecule has 0 aliphatic heterocycles. The Kier molecular flexibility index (Phi) is 3.79. The molecule has 1 aromatic carbocycles. The third-order valence-corrected chi connectivity index (χ3v) is 2.40. The molecule has 0 saturated carbocycles. The second kappa shape index (κ2) is 5.36. The van der Waals surface area contributed by atoms with E-state index in [1.165, 1.54) is 18.4 Å². The molecular formula is C15H16FNO3. The quantitative estimate of drug-likeness (QED) is 0.883. The van der Waals surface area contributed by atoms with Crippen molar-refractivity contribution in [3.05, 3.63) is 42.4 Å². The molecule has 1 aromatic heterocycles. The first-order chi connectivity index (χ1) is 9.35. The molecule has 0 atom stereocenters. The Morgan fingerprint density at radius 1 is 1.30 bits per heavy atom. The monoisotopic (exact) mass is 277 g/mol. The van der Waals surface area contributed by atoms with E-state index in [1.807, 2.05) is 0 Å². The molecule has 20 heavy (non-hydrogen) atoms. The zero-order chi connectivity index (χ0) is 14.8. The summed E-state index contributed by atoms with van der Waals surface area (Å²) in [6, 6.07) is 7.52. The van der Waals surface area contributed by atoms with Crippen molar-refractivity contribution >= 4 is 11.8 Å². The van der Waals surface area contributed by atoms with E-state index in [9.17, 15) is 9.18 Å². The molecule has 1 N–H and O–H groups in total. The van der Waals surface area contributed by atoms with Crippen molar-refractivity contribution in [2.24, 2.45) is 0 Å². The number of furan rings is 1. The van der Waals surface area contributed by atoms with Crippen LogP contribution in [0.5, 0.6) is 0 Å². The van der Waals surface area contributed by atoms with Gasteiger partial charge in [-0.3, -0.25) is 5.32 Å². The number of ether oxygens (including phenoxy) is 1. The second-order valence-electron chi connectivity index (χ2n) is 5.29. The van der Waals surface area contributed by atoms with Gasteiger partial charge in [0.25, 0.3) is 0 Å². The molecule has 0 aliphatic rings. The Labute approximate surface area is 116 Å². The summed E-state index contributed by atoms with van der Waals surface area (Å²) in [5, 5.41) is 2.54. The van der Waals surface area contributed by atoms with Crippen molar-refractivity contribution in [3.8, 4) is 11.3 Å². The van der Waals surface area contributed by atoms with Crippen molar-refractivity contribution in [1.29, 1.82) is 0 Å². The predicted octanol–water partition coefficient (Wildman–Crippen LogP) is 4.43. The Bertz CT molecular complexity index is 600. The fraction of sp³-hybridized carbons (Fsp3) is 0.267. The first kappa shape index (κ1) is 14.1. The van der Waals surface area contributed by atoms with Crippen LogP contribution in [0.15, 0.2) is 41.0 Å². The number of halogens is 1. The maximum Gasteiger partial charge on any atom is 0.412 e. The van der Waals surface area contributed by atoms with Gasteiger partial charge in [0.2, 0.25) is 0 Å². The van der Waals surface area contributed by atoms with Crippen molar-refractivity contribution in [2.75, 3.05) is 5.32 Å². The minimum Gasteiger partial charge on any atom is -0.464 e. The van der Waals surface area contributed by atoms with Gasteiger partial charge in [-0.05, 0) is 51.1 Å². The Balaban J connectivity index is 2.27. The second-order valence-corrected chi connectivity index (χ2v) is 5.29. The first-order valence-corrected chi connectivity index (χ1v) is 6.18. The molecule has 1 heterocycles. The van der Waals surface area contributed by atoms with E-state index in [4.69, 9.17) is 9.15 Å². The predicted molar refractivity (Wildman–Crippen MR) is 74.0 cm³/mol. The van der Waals surface area contributed by atoms with Crippen LogP contribution >= 0.6 is 0 Å². The van der Waals surface area contributed by atoms with Crippen molar-refractivity contribution in [2.45, 2.75) is 26.4 Å². The zero-order valence-corrected chi connectivity index (χ0v) is 11.6. The van der Waals surface area contributed by atoms with E-state index in [2.05, 4.69) is 5.32 Å². The number of rotatable bonds is 2. The van der Waals surface area contributed by atoms with Gasteiger partial charge in [0, 0.05) is 5.56 Å². The van der Waals surface area contributed by atoms with Crippen LogP contribution < -0.4 is 5.32 Å². The highest BCUT2D eigenvalue weighted by Crippen LogP contribution is 2.29. The van der Waals surface area contributed by atoms with Crippen LogP contribution in [0.4, 0.5) is 14.9 Å². The van der Waals surface area contributed by atoms with Crippen molar-refractivity contribution < 1.29 is 18.3 Å². The lowest BCUT2D eigenvalue weighted by molar-refractivity contribution is 0.0636. The lowest BCUT2D eigenvalue weighted by Crippen LogP contribution is -2.27. The number of carbonyl (C=O) groups is 1. The topological polar surface area (TPSA) is 51.5 Å². The fourth-order valence-electron chi connectivity index (χ4n) is 1.68. The number of benzene rings is 1. The summed E-state index contributed by atoms with van der Waals surface area (Å²) in [6.45, 7) is 5.27. The lowest BCUT2D eigenvalue weighted by atomic mass is 10.1. The molecular weight excluding hydrogens is 261 g/mol. The van der Waals surface area contributed by atoms with Gasteiger partial charge in [0.05, 0.1) is 12.0 Å². The van der Waals surface area contributed by atoms with E-state index in [1.54, 1.807) is 39.0 Å². The molecule has 2 rings (SSSR count). The fourth-order valence-corrected chi connectivity index (χ4v) is 1.68.